The fourth-order valence-corrected chi connectivity index (χ4v) is 1.41. The first-order valence-electron chi connectivity index (χ1n) is 5.34. The predicted molar refractivity (Wildman–Crippen MR) is 61.7 cm³/mol. The van der Waals surface area contributed by atoms with E-state index in [9.17, 15) is 0 Å². The van der Waals surface area contributed by atoms with Gasteiger partial charge in [0.15, 0.2) is 0 Å². The Morgan fingerprint density at radius 2 is 2.06 bits per heavy atom. The Labute approximate surface area is 95.5 Å². The molecular weight excluding hydrogens is 200 g/mol. The summed E-state index contributed by atoms with van der Waals surface area (Å²) in [7, 11) is 0. The van der Waals surface area contributed by atoms with Gasteiger partial charge in [-0.25, -0.2) is 0 Å². The minimum atomic E-state index is 0.157. The van der Waals surface area contributed by atoms with E-state index in [-0.39, 0.29) is 5.41 Å². The zero-order valence-corrected chi connectivity index (χ0v) is 9.82. The summed E-state index contributed by atoms with van der Waals surface area (Å²) in [6.45, 7) is 6.43. The highest BCUT2D eigenvalue weighted by molar-refractivity contribution is 5.50. The highest BCUT2D eigenvalue weighted by atomic mass is 16.4. The average Bonchev–Trinajstić information content (AvgIpc) is 2.65. The van der Waals surface area contributed by atoms with Gasteiger partial charge in [0.05, 0.1) is 0 Å². The van der Waals surface area contributed by atoms with Gasteiger partial charge in [-0.1, -0.05) is 39.0 Å². The predicted octanol–water partition coefficient (Wildman–Crippen LogP) is 3.13. The minimum absolute atomic E-state index is 0.157. The van der Waals surface area contributed by atoms with E-state index in [1.54, 1.807) is 0 Å². The molecule has 0 spiro atoms. The quantitative estimate of drug-likeness (QED) is 0.772. The molecule has 0 unspecified atom stereocenters. The molecule has 2 rings (SSSR count). The Balaban J connectivity index is 2.21. The van der Waals surface area contributed by atoms with Crippen LogP contribution in [0.4, 0.5) is 0 Å². The normalized spacial score (nSPS) is 11.7. The van der Waals surface area contributed by atoms with Crippen LogP contribution >= 0.6 is 0 Å². The first kappa shape index (κ1) is 10.9. The van der Waals surface area contributed by atoms with E-state index < -0.39 is 0 Å². The van der Waals surface area contributed by atoms with Crippen LogP contribution in [0.3, 0.4) is 0 Å². The molecule has 1 heterocycles. The van der Waals surface area contributed by atoms with Gasteiger partial charge in [-0.2, -0.15) is 0 Å². The number of benzene rings is 1. The third-order valence-electron chi connectivity index (χ3n) is 2.09. The van der Waals surface area contributed by atoms with Crippen LogP contribution in [-0.4, -0.2) is 10.2 Å². The summed E-state index contributed by atoms with van der Waals surface area (Å²) >= 11 is 0. The SMILES string of the molecule is CC(C)(C)Cc1nnc(-c2[c]cccc2)o1. The summed E-state index contributed by atoms with van der Waals surface area (Å²) in [5.74, 6) is 1.22. The van der Waals surface area contributed by atoms with Crippen LogP contribution < -0.4 is 0 Å². The van der Waals surface area contributed by atoms with Crippen molar-refractivity contribution in [3.05, 3.63) is 36.2 Å². The lowest BCUT2D eigenvalue weighted by atomic mass is 9.92. The van der Waals surface area contributed by atoms with Crippen molar-refractivity contribution in [2.45, 2.75) is 27.2 Å². The van der Waals surface area contributed by atoms with Gasteiger partial charge in [0, 0.05) is 12.0 Å². The van der Waals surface area contributed by atoms with Crippen LogP contribution in [0.1, 0.15) is 26.7 Å². The van der Waals surface area contributed by atoms with Crippen molar-refractivity contribution in [1.29, 1.82) is 0 Å². The van der Waals surface area contributed by atoms with Gasteiger partial charge in [-0.05, 0) is 17.5 Å². The molecule has 1 aromatic heterocycles. The summed E-state index contributed by atoms with van der Waals surface area (Å²) in [5, 5.41) is 8.06. The number of hydrogen-bond acceptors (Lipinski definition) is 3. The van der Waals surface area contributed by atoms with Crippen molar-refractivity contribution in [2.75, 3.05) is 0 Å². The van der Waals surface area contributed by atoms with Crippen LogP contribution in [-0.2, 0) is 6.42 Å². The average molecular weight is 215 g/mol. The van der Waals surface area contributed by atoms with Crippen LogP contribution in [0.2, 0.25) is 0 Å². The fourth-order valence-electron chi connectivity index (χ4n) is 1.41. The second-order valence-electron chi connectivity index (χ2n) is 5.01. The monoisotopic (exact) mass is 215 g/mol. The molecule has 0 aliphatic carbocycles. The van der Waals surface area contributed by atoms with Gasteiger partial charge in [0.25, 0.3) is 0 Å². The molecule has 3 nitrogen and oxygen atoms in total. The van der Waals surface area contributed by atoms with E-state index in [2.05, 4.69) is 37.0 Å². The summed E-state index contributed by atoms with van der Waals surface area (Å²) in [6.07, 6.45) is 0.785. The van der Waals surface area contributed by atoms with Crippen LogP contribution in [0.15, 0.2) is 28.7 Å². The number of aromatic nitrogens is 2. The van der Waals surface area contributed by atoms with E-state index in [0.29, 0.717) is 11.8 Å². The molecule has 0 N–H and O–H groups in total. The van der Waals surface area contributed by atoms with Gasteiger partial charge < -0.3 is 4.42 Å². The van der Waals surface area contributed by atoms with E-state index in [4.69, 9.17) is 4.42 Å². The fraction of sp³-hybridized carbons (Fsp3) is 0.385. The van der Waals surface area contributed by atoms with E-state index in [0.717, 1.165) is 12.0 Å². The lowest BCUT2D eigenvalue weighted by Gasteiger charge is -2.14. The highest BCUT2D eigenvalue weighted by Gasteiger charge is 2.16. The molecule has 0 atom stereocenters. The molecule has 0 bridgehead atoms. The molecule has 1 aromatic carbocycles. The maximum absolute atomic E-state index is 5.59. The third-order valence-corrected chi connectivity index (χ3v) is 2.09. The molecule has 83 valence electrons. The zero-order valence-electron chi connectivity index (χ0n) is 9.82. The smallest absolute Gasteiger partial charge is 0.248 e. The molecule has 16 heavy (non-hydrogen) atoms. The lowest BCUT2D eigenvalue weighted by molar-refractivity contribution is 0.357. The van der Waals surface area contributed by atoms with Gasteiger partial charge in [0.1, 0.15) is 0 Å². The summed E-state index contributed by atoms with van der Waals surface area (Å²) < 4.78 is 5.59. The Hall–Kier alpha value is -1.64. The van der Waals surface area contributed by atoms with E-state index >= 15 is 0 Å². The van der Waals surface area contributed by atoms with Crippen LogP contribution in [0, 0.1) is 11.5 Å². The summed E-state index contributed by atoms with van der Waals surface area (Å²) in [6, 6.07) is 10.7. The van der Waals surface area contributed by atoms with Crippen molar-refractivity contribution in [2.24, 2.45) is 5.41 Å². The molecule has 0 amide bonds. The largest absolute Gasteiger partial charge is 0.421 e. The molecule has 2 aromatic rings. The second kappa shape index (κ2) is 4.08. The van der Waals surface area contributed by atoms with Crippen molar-refractivity contribution >= 4 is 0 Å². The molecule has 0 aliphatic heterocycles. The standard InChI is InChI=1S/C13H15N2O/c1-13(2,3)9-11-14-15-12(16-11)10-7-5-4-6-8-10/h4-7H,9H2,1-3H3. The Morgan fingerprint density at radius 1 is 1.25 bits per heavy atom. The van der Waals surface area contributed by atoms with Gasteiger partial charge in [-0.3, -0.25) is 0 Å². The summed E-state index contributed by atoms with van der Waals surface area (Å²) in [4.78, 5) is 0. The van der Waals surface area contributed by atoms with Gasteiger partial charge in [0.2, 0.25) is 11.8 Å². The second-order valence-corrected chi connectivity index (χ2v) is 5.01. The van der Waals surface area contributed by atoms with Crippen molar-refractivity contribution in [3.63, 3.8) is 0 Å². The molecule has 3 heteroatoms. The van der Waals surface area contributed by atoms with Crippen molar-refractivity contribution in [1.82, 2.24) is 10.2 Å². The van der Waals surface area contributed by atoms with E-state index in [1.807, 2.05) is 24.3 Å². The highest BCUT2D eigenvalue weighted by Crippen LogP contribution is 2.22. The molecule has 1 radical (unpaired) electrons. The van der Waals surface area contributed by atoms with Crippen LogP contribution in [0.5, 0.6) is 0 Å². The first-order valence-corrected chi connectivity index (χ1v) is 5.34. The topological polar surface area (TPSA) is 38.9 Å². The maximum Gasteiger partial charge on any atom is 0.248 e. The molecule has 0 saturated heterocycles. The van der Waals surface area contributed by atoms with E-state index in [1.165, 1.54) is 0 Å². The molecule has 0 aliphatic rings. The van der Waals surface area contributed by atoms with Crippen molar-refractivity contribution < 1.29 is 4.42 Å². The third kappa shape index (κ3) is 2.69. The minimum Gasteiger partial charge on any atom is -0.421 e. The molecule has 0 saturated carbocycles. The number of rotatable bonds is 2. The molecule has 0 fully saturated rings. The number of nitrogens with zero attached hydrogens (tertiary/aromatic N) is 2. The summed E-state index contributed by atoms with van der Waals surface area (Å²) in [5.41, 5.74) is 1.000. The Kier molecular flexibility index (Phi) is 2.77. The van der Waals surface area contributed by atoms with Gasteiger partial charge >= 0.3 is 0 Å². The maximum atomic E-state index is 5.59. The first-order chi connectivity index (χ1) is 7.54. The number of hydrogen-bond donors (Lipinski definition) is 0. The zero-order chi connectivity index (χ0) is 11.6. The van der Waals surface area contributed by atoms with Crippen LogP contribution in [0.25, 0.3) is 11.5 Å². The Morgan fingerprint density at radius 3 is 2.69 bits per heavy atom. The Bertz CT molecular complexity index is 454. The lowest BCUT2D eigenvalue weighted by Crippen LogP contribution is -2.09. The van der Waals surface area contributed by atoms with Crippen molar-refractivity contribution in [3.8, 4) is 11.5 Å². The molecular formula is C13H15N2O. The van der Waals surface area contributed by atoms with Gasteiger partial charge in [-0.15, -0.1) is 10.2 Å².